The SMILES string of the molecule is CCNCc1cc(Cl)cc2c1OCC2. The third kappa shape index (κ3) is 1.86. The van der Waals surface area contributed by atoms with E-state index in [4.69, 9.17) is 16.3 Å². The molecule has 1 N–H and O–H groups in total. The molecule has 2 rings (SSSR count). The molecular formula is C11H14ClNO. The van der Waals surface area contributed by atoms with Crippen LogP contribution >= 0.6 is 11.6 Å². The lowest BCUT2D eigenvalue weighted by Gasteiger charge is -2.08. The van der Waals surface area contributed by atoms with Gasteiger partial charge in [0, 0.05) is 23.6 Å². The van der Waals surface area contributed by atoms with Crippen LogP contribution in [0.2, 0.25) is 5.02 Å². The first kappa shape index (κ1) is 9.81. The minimum absolute atomic E-state index is 0.787. The van der Waals surface area contributed by atoms with Gasteiger partial charge < -0.3 is 10.1 Å². The van der Waals surface area contributed by atoms with Crippen molar-refractivity contribution in [2.45, 2.75) is 19.9 Å². The van der Waals surface area contributed by atoms with Crippen molar-refractivity contribution in [2.75, 3.05) is 13.2 Å². The van der Waals surface area contributed by atoms with Crippen molar-refractivity contribution < 1.29 is 4.74 Å². The maximum absolute atomic E-state index is 6.02. The number of halogens is 1. The van der Waals surface area contributed by atoms with Crippen LogP contribution in [0.1, 0.15) is 18.1 Å². The Morgan fingerprint density at radius 3 is 3.14 bits per heavy atom. The average Bonchev–Trinajstić information content (AvgIpc) is 2.61. The molecule has 0 saturated heterocycles. The molecule has 0 unspecified atom stereocenters. The average molecular weight is 212 g/mol. The van der Waals surface area contributed by atoms with Crippen molar-refractivity contribution in [3.05, 3.63) is 28.3 Å². The summed E-state index contributed by atoms with van der Waals surface area (Å²) in [6.07, 6.45) is 0.981. The lowest BCUT2D eigenvalue weighted by molar-refractivity contribution is 0.352. The zero-order valence-corrected chi connectivity index (χ0v) is 9.03. The van der Waals surface area contributed by atoms with Gasteiger partial charge in [-0.25, -0.2) is 0 Å². The topological polar surface area (TPSA) is 21.3 Å². The molecule has 0 amide bonds. The predicted octanol–water partition coefficient (Wildman–Crippen LogP) is 2.38. The molecular weight excluding hydrogens is 198 g/mol. The van der Waals surface area contributed by atoms with Crippen molar-refractivity contribution >= 4 is 11.6 Å². The van der Waals surface area contributed by atoms with E-state index in [-0.39, 0.29) is 0 Å². The Labute approximate surface area is 89.2 Å². The van der Waals surface area contributed by atoms with Gasteiger partial charge in [-0.3, -0.25) is 0 Å². The van der Waals surface area contributed by atoms with Gasteiger partial charge in [0.05, 0.1) is 6.61 Å². The van der Waals surface area contributed by atoms with E-state index in [0.717, 1.165) is 36.9 Å². The Balaban J connectivity index is 2.29. The van der Waals surface area contributed by atoms with Crippen LogP contribution in [0, 0.1) is 0 Å². The Morgan fingerprint density at radius 1 is 1.50 bits per heavy atom. The lowest BCUT2D eigenvalue weighted by Crippen LogP contribution is -2.12. The molecule has 0 spiro atoms. The third-order valence-corrected chi connectivity index (χ3v) is 2.61. The maximum atomic E-state index is 6.02. The fraction of sp³-hybridized carbons (Fsp3) is 0.455. The first-order valence-corrected chi connectivity index (χ1v) is 5.34. The quantitative estimate of drug-likeness (QED) is 0.829. The Kier molecular flexibility index (Phi) is 2.94. The predicted molar refractivity (Wildman–Crippen MR) is 58.0 cm³/mol. The van der Waals surface area contributed by atoms with E-state index in [1.165, 1.54) is 11.1 Å². The Bertz CT molecular complexity index is 338. The molecule has 14 heavy (non-hydrogen) atoms. The summed E-state index contributed by atoms with van der Waals surface area (Å²) in [7, 11) is 0. The van der Waals surface area contributed by atoms with Gasteiger partial charge in [0.25, 0.3) is 0 Å². The van der Waals surface area contributed by atoms with Crippen LogP contribution in [-0.2, 0) is 13.0 Å². The molecule has 0 saturated carbocycles. The summed E-state index contributed by atoms with van der Waals surface area (Å²) in [6, 6.07) is 3.98. The summed E-state index contributed by atoms with van der Waals surface area (Å²) in [5.41, 5.74) is 2.41. The molecule has 1 aliphatic heterocycles. The minimum atomic E-state index is 0.787. The van der Waals surface area contributed by atoms with Gasteiger partial charge >= 0.3 is 0 Å². The number of benzene rings is 1. The fourth-order valence-corrected chi connectivity index (χ4v) is 2.00. The second-order valence-corrected chi connectivity index (χ2v) is 3.87. The van der Waals surface area contributed by atoms with Crippen molar-refractivity contribution in [2.24, 2.45) is 0 Å². The van der Waals surface area contributed by atoms with E-state index >= 15 is 0 Å². The van der Waals surface area contributed by atoms with Crippen LogP contribution in [-0.4, -0.2) is 13.2 Å². The van der Waals surface area contributed by atoms with E-state index in [2.05, 4.69) is 12.2 Å². The number of hydrogen-bond acceptors (Lipinski definition) is 2. The molecule has 3 heteroatoms. The molecule has 1 heterocycles. The van der Waals surface area contributed by atoms with E-state index in [1.54, 1.807) is 0 Å². The van der Waals surface area contributed by atoms with Crippen LogP contribution < -0.4 is 10.1 Å². The maximum Gasteiger partial charge on any atom is 0.127 e. The molecule has 1 aromatic rings. The van der Waals surface area contributed by atoms with Gasteiger partial charge in [-0.2, -0.15) is 0 Å². The van der Waals surface area contributed by atoms with Crippen LogP contribution in [0.4, 0.5) is 0 Å². The molecule has 0 bridgehead atoms. The van der Waals surface area contributed by atoms with E-state index in [0.29, 0.717) is 0 Å². The number of fused-ring (bicyclic) bond motifs is 1. The molecule has 2 nitrogen and oxygen atoms in total. The number of ether oxygens (including phenoxy) is 1. The number of nitrogens with one attached hydrogen (secondary N) is 1. The Hall–Kier alpha value is -0.730. The van der Waals surface area contributed by atoms with Gasteiger partial charge in [-0.15, -0.1) is 0 Å². The second-order valence-electron chi connectivity index (χ2n) is 3.43. The highest BCUT2D eigenvalue weighted by molar-refractivity contribution is 6.30. The highest BCUT2D eigenvalue weighted by Gasteiger charge is 2.16. The molecule has 0 aliphatic carbocycles. The standard InChI is InChI=1S/C11H14ClNO/c1-2-13-7-9-6-10(12)5-8-3-4-14-11(8)9/h5-6,13H,2-4,7H2,1H3. The second kappa shape index (κ2) is 4.20. The molecule has 0 radical (unpaired) electrons. The van der Waals surface area contributed by atoms with Crippen molar-refractivity contribution in [1.29, 1.82) is 0 Å². The summed E-state index contributed by atoms with van der Waals surface area (Å²) in [5, 5.41) is 4.09. The van der Waals surface area contributed by atoms with Crippen molar-refractivity contribution in [3.63, 3.8) is 0 Å². The number of rotatable bonds is 3. The van der Waals surface area contributed by atoms with E-state index < -0.39 is 0 Å². The van der Waals surface area contributed by atoms with Crippen LogP contribution in [0.3, 0.4) is 0 Å². The summed E-state index contributed by atoms with van der Waals surface area (Å²) in [4.78, 5) is 0. The summed E-state index contributed by atoms with van der Waals surface area (Å²) in [6.45, 7) is 4.67. The highest BCUT2D eigenvalue weighted by atomic mass is 35.5. The zero-order chi connectivity index (χ0) is 9.97. The van der Waals surface area contributed by atoms with Gasteiger partial charge in [0.15, 0.2) is 0 Å². The molecule has 0 aromatic heterocycles. The van der Waals surface area contributed by atoms with Crippen molar-refractivity contribution in [3.8, 4) is 5.75 Å². The molecule has 76 valence electrons. The van der Waals surface area contributed by atoms with Gasteiger partial charge in [0.1, 0.15) is 5.75 Å². The largest absolute Gasteiger partial charge is 0.493 e. The zero-order valence-electron chi connectivity index (χ0n) is 8.27. The molecule has 1 aromatic carbocycles. The van der Waals surface area contributed by atoms with E-state index in [9.17, 15) is 0 Å². The first-order chi connectivity index (χ1) is 6.81. The van der Waals surface area contributed by atoms with E-state index in [1.807, 2.05) is 12.1 Å². The van der Waals surface area contributed by atoms with Crippen LogP contribution in [0.5, 0.6) is 5.75 Å². The normalized spacial score (nSPS) is 13.9. The molecule has 0 atom stereocenters. The summed E-state index contributed by atoms with van der Waals surface area (Å²) >= 11 is 6.02. The molecule has 0 fully saturated rings. The third-order valence-electron chi connectivity index (χ3n) is 2.39. The lowest BCUT2D eigenvalue weighted by atomic mass is 10.1. The number of hydrogen-bond donors (Lipinski definition) is 1. The van der Waals surface area contributed by atoms with Gasteiger partial charge in [0.2, 0.25) is 0 Å². The molecule has 1 aliphatic rings. The van der Waals surface area contributed by atoms with Crippen LogP contribution in [0.25, 0.3) is 0 Å². The smallest absolute Gasteiger partial charge is 0.127 e. The van der Waals surface area contributed by atoms with Crippen molar-refractivity contribution in [1.82, 2.24) is 5.32 Å². The highest BCUT2D eigenvalue weighted by Crippen LogP contribution is 2.32. The minimum Gasteiger partial charge on any atom is -0.493 e. The summed E-state index contributed by atoms with van der Waals surface area (Å²) in [5.74, 6) is 1.04. The Morgan fingerprint density at radius 2 is 2.36 bits per heavy atom. The summed E-state index contributed by atoms with van der Waals surface area (Å²) < 4.78 is 5.58. The first-order valence-electron chi connectivity index (χ1n) is 4.96. The van der Waals surface area contributed by atoms with Crippen LogP contribution in [0.15, 0.2) is 12.1 Å². The fourth-order valence-electron chi connectivity index (χ4n) is 1.74. The monoisotopic (exact) mass is 211 g/mol. The van der Waals surface area contributed by atoms with Gasteiger partial charge in [-0.05, 0) is 24.2 Å². The van der Waals surface area contributed by atoms with Gasteiger partial charge in [-0.1, -0.05) is 18.5 Å².